The van der Waals surface area contributed by atoms with Crippen LogP contribution in [0, 0.1) is 23.7 Å². The van der Waals surface area contributed by atoms with E-state index in [4.69, 9.17) is 19.5 Å². The Bertz CT molecular complexity index is 1240. The molecule has 0 aromatic heterocycles. The van der Waals surface area contributed by atoms with Crippen molar-refractivity contribution >= 4 is 11.8 Å². The summed E-state index contributed by atoms with van der Waals surface area (Å²) >= 11 is 0. The van der Waals surface area contributed by atoms with E-state index in [0.717, 1.165) is 11.8 Å². The zero-order valence-electron chi connectivity index (χ0n) is 29.9. The van der Waals surface area contributed by atoms with Crippen LogP contribution in [0.4, 0.5) is 0 Å². The number of ether oxygens (including phenoxy) is 2. The quantitative estimate of drug-likeness (QED) is 0.333. The predicted octanol–water partition coefficient (Wildman–Crippen LogP) is 5.52. The first kappa shape index (κ1) is 39.7. The number of aliphatic imine (C=N–C) groups is 2. The van der Waals surface area contributed by atoms with Crippen LogP contribution in [0.1, 0.15) is 158 Å². The van der Waals surface area contributed by atoms with Gasteiger partial charge in [-0.1, -0.05) is 138 Å². The predicted molar refractivity (Wildman–Crippen MR) is 192 cm³/mol. The first-order valence-electron chi connectivity index (χ1n) is 19.9. The molecule has 2 aliphatic heterocycles. The molecule has 2 heterocycles. The van der Waals surface area contributed by atoms with E-state index < -0.39 is 0 Å². The molecule has 50 heavy (non-hydrogen) atoms. The van der Waals surface area contributed by atoms with Gasteiger partial charge in [-0.05, 0) is 62.5 Å². The standard InChI is InChI=1S/C43H58N2O2.2ClH.Ni/c1-7-19-32(20-8-1)40-42(34-23-11-3-12-24-34,35-25-13-4-14-26-35)46-38(44-40)31-39-45-41(33-21-9-2-10-22-33)43(47-39,36-27-15-5-16-28-36)37-29-17-6-18-30-37;;;/h1-2,7-10,19-22,34-37,40-41H,3-6,11-18,23-31H2;2*1H;/q;;;+2/p-2/t40-,41-;;;/m1.../s1. The van der Waals surface area contributed by atoms with Crippen molar-refractivity contribution in [2.45, 2.75) is 158 Å². The molecule has 8 rings (SSSR count). The Labute approximate surface area is 324 Å². The van der Waals surface area contributed by atoms with Crippen LogP contribution in [0.15, 0.2) is 70.6 Å². The van der Waals surface area contributed by atoms with Gasteiger partial charge in [0.25, 0.3) is 0 Å². The van der Waals surface area contributed by atoms with E-state index >= 15 is 0 Å². The topological polar surface area (TPSA) is 43.2 Å². The van der Waals surface area contributed by atoms with Gasteiger partial charge in [-0.2, -0.15) is 0 Å². The first-order chi connectivity index (χ1) is 23.3. The van der Waals surface area contributed by atoms with Gasteiger partial charge in [0.15, 0.2) is 11.8 Å². The van der Waals surface area contributed by atoms with Gasteiger partial charge in [0, 0.05) is 23.7 Å². The fourth-order valence-corrected chi connectivity index (χ4v) is 11.4. The Kier molecular flexibility index (Phi) is 14.3. The first-order valence-corrected chi connectivity index (χ1v) is 19.9. The molecule has 7 heteroatoms. The monoisotopic (exact) mass is 762 g/mol. The molecule has 0 bridgehead atoms. The zero-order valence-corrected chi connectivity index (χ0v) is 32.4. The largest absolute Gasteiger partial charge is 2.00 e. The molecule has 4 saturated carbocycles. The number of halogens is 2. The molecule has 0 unspecified atom stereocenters. The van der Waals surface area contributed by atoms with Crippen molar-refractivity contribution in [1.29, 1.82) is 0 Å². The number of benzene rings is 2. The van der Waals surface area contributed by atoms with E-state index in [1.807, 2.05) is 0 Å². The maximum Gasteiger partial charge on any atom is 2.00 e. The summed E-state index contributed by atoms with van der Waals surface area (Å²) in [6.07, 6.45) is 26.7. The van der Waals surface area contributed by atoms with Gasteiger partial charge in [-0.15, -0.1) is 0 Å². The number of rotatable bonds is 8. The van der Waals surface area contributed by atoms with E-state index in [1.54, 1.807) is 0 Å². The molecule has 0 radical (unpaired) electrons. The van der Waals surface area contributed by atoms with E-state index in [9.17, 15) is 0 Å². The number of hydrogen-bond donors (Lipinski definition) is 0. The van der Waals surface area contributed by atoms with Crippen LogP contribution in [0.5, 0.6) is 0 Å². The molecule has 0 amide bonds. The normalized spacial score (nSPS) is 27.4. The number of hydrogen-bond acceptors (Lipinski definition) is 4. The van der Waals surface area contributed by atoms with Crippen molar-refractivity contribution in [1.82, 2.24) is 0 Å². The van der Waals surface area contributed by atoms with Crippen molar-refractivity contribution in [3.05, 3.63) is 71.8 Å². The van der Waals surface area contributed by atoms with E-state index in [0.29, 0.717) is 30.1 Å². The second-order valence-electron chi connectivity index (χ2n) is 16.1. The van der Waals surface area contributed by atoms with Crippen LogP contribution in [-0.2, 0) is 26.0 Å². The summed E-state index contributed by atoms with van der Waals surface area (Å²) in [6, 6.07) is 22.5. The van der Waals surface area contributed by atoms with Gasteiger partial charge in [0.1, 0.15) is 23.3 Å². The van der Waals surface area contributed by atoms with Gasteiger partial charge in [-0.25, -0.2) is 9.98 Å². The Morgan fingerprint density at radius 1 is 0.440 bits per heavy atom. The Hall–Kier alpha value is -1.55. The van der Waals surface area contributed by atoms with Gasteiger partial charge in [0.05, 0.1) is 6.42 Å². The Morgan fingerprint density at radius 2 is 0.720 bits per heavy atom. The SMILES string of the molecule is [Cl-].[Cl-].[Ni+2].c1ccc([C@H]2N=C(CC3=N[C@H](c4ccccc4)C(C4CCCCC4)(C4CCCCC4)O3)OC2(C2CCCCC2)C2CCCCC2)cc1. The fourth-order valence-electron chi connectivity index (χ4n) is 11.4. The summed E-state index contributed by atoms with van der Waals surface area (Å²) < 4.78 is 15.1. The summed E-state index contributed by atoms with van der Waals surface area (Å²) in [7, 11) is 0. The summed E-state index contributed by atoms with van der Waals surface area (Å²) in [6.45, 7) is 0. The van der Waals surface area contributed by atoms with Gasteiger partial charge >= 0.3 is 16.5 Å². The van der Waals surface area contributed by atoms with Crippen molar-refractivity contribution in [2.24, 2.45) is 33.7 Å². The third kappa shape index (κ3) is 7.59. The van der Waals surface area contributed by atoms with Crippen molar-refractivity contribution in [2.75, 3.05) is 0 Å². The molecular formula is C43H58Cl2N2NiO2. The zero-order chi connectivity index (χ0) is 31.5. The molecule has 0 spiro atoms. The molecule has 276 valence electrons. The average molecular weight is 765 g/mol. The minimum atomic E-state index is -0.251. The Morgan fingerprint density at radius 3 is 1.00 bits per heavy atom. The van der Waals surface area contributed by atoms with Crippen molar-refractivity contribution < 1.29 is 50.8 Å². The van der Waals surface area contributed by atoms with Crippen LogP contribution >= 0.6 is 0 Å². The third-order valence-electron chi connectivity index (χ3n) is 13.5. The van der Waals surface area contributed by atoms with E-state index in [2.05, 4.69) is 60.7 Å². The molecule has 4 nitrogen and oxygen atoms in total. The number of nitrogens with zero attached hydrogens (tertiary/aromatic N) is 2. The molecule has 2 atom stereocenters. The van der Waals surface area contributed by atoms with Crippen LogP contribution < -0.4 is 24.8 Å². The maximum atomic E-state index is 7.55. The van der Waals surface area contributed by atoms with E-state index in [1.165, 1.54) is 140 Å². The van der Waals surface area contributed by atoms with Crippen LogP contribution in [0.3, 0.4) is 0 Å². The van der Waals surface area contributed by atoms with Crippen LogP contribution in [0.25, 0.3) is 0 Å². The summed E-state index contributed by atoms with van der Waals surface area (Å²) in [5.41, 5.74) is 2.15. The minimum Gasteiger partial charge on any atom is -1.00 e. The van der Waals surface area contributed by atoms with Crippen molar-refractivity contribution in [3.8, 4) is 0 Å². The van der Waals surface area contributed by atoms with E-state index in [-0.39, 0.29) is 64.6 Å². The summed E-state index contributed by atoms with van der Waals surface area (Å²) in [4.78, 5) is 11.3. The molecule has 0 N–H and O–H groups in total. The Balaban J connectivity index is 0.00000162. The summed E-state index contributed by atoms with van der Waals surface area (Å²) in [5, 5.41) is 0. The molecule has 6 aliphatic rings. The van der Waals surface area contributed by atoms with Gasteiger partial charge in [0.2, 0.25) is 0 Å². The molecule has 4 aliphatic carbocycles. The van der Waals surface area contributed by atoms with Crippen molar-refractivity contribution in [3.63, 3.8) is 0 Å². The smallest absolute Gasteiger partial charge is 1.00 e. The maximum absolute atomic E-state index is 7.55. The van der Waals surface area contributed by atoms with Crippen LogP contribution in [0.2, 0.25) is 0 Å². The minimum absolute atomic E-state index is 0. The third-order valence-corrected chi connectivity index (χ3v) is 13.5. The van der Waals surface area contributed by atoms with Crippen LogP contribution in [-0.4, -0.2) is 23.0 Å². The summed E-state index contributed by atoms with van der Waals surface area (Å²) in [5.74, 6) is 4.00. The molecular weight excluding hydrogens is 706 g/mol. The molecule has 2 aromatic rings. The van der Waals surface area contributed by atoms with Gasteiger partial charge in [-0.3, -0.25) is 0 Å². The fraction of sp³-hybridized carbons (Fsp3) is 0.674. The molecule has 4 fully saturated rings. The van der Waals surface area contributed by atoms with Gasteiger partial charge < -0.3 is 34.3 Å². The second kappa shape index (κ2) is 18.0. The molecule has 2 aromatic carbocycles. The average Bonchev–Trinajstić information content (AvgIpc) is 3.74. The molecule has 0 saturated heterocycles. The second-order valence-corrected chi connectivity index (χ2v) is 16.1.